The van der Waals surface area contributed by atoms with Gasteiger partial charge in [0.05, 0.1) is 6.04 Å². The van der Waals surface area contributed by atoms with Crippen LogP contribution in [0.1, 0.15) is 23.8 Å². The van der Waals surface area contributed by atoms with E-state index in [1.165, 1.54) is 17.0 Å². The second-order valence-corrected chi connectivity index (χ2v) is 5.78. The number of hydrogen-bond acceptors (Lipinski definition) is 2. The molecule has 1 aromatic carbocycles. The van der Waals surface area contributed by atoms with Crippen molar-refractivity contribution in [2.75, 3.05) is 11.9 Å². The van der Waals surface area contributed by atoms with Crippen molar-refractivity contribution >= 4 is 23.1 Å². The van der Waals surface area contributed by atoms with Crippen molar-refractivity contribution in [1.82, 2.24) is 4.90 Å². The summed E-state index contributed by atoms with van der Waals surface area (Å²) in [6, 6.07) is 9.95. The van der Waals surface area contributed by atoms with Crippen molar-refractivity contribution in [1.29, 1.82) is 0 Å². The zero-order valence-corrected chi connectivity index (χ0v) is 11.7. The summed E-state index contributed by atoms with van der Waals surface area (Å²) in [5.74, 6) is -0.305. The Morgan fingerprint density at radius 3 is 2.80 bits per heavy atom. The highest BCUT2D eigenvalue weighted by molar-refractivity contribution is 7.10. The highest BCUT2D eigenvalue weighted by Gasteiger charge is 2.30. The molecule has 0 saturated carbocycles. The monoisotopic (exact) mass is 290 g/mol. The number of hydrogen-bond donors (Lipinski definition) is 1. The van der Waals surface area contributed by atoms with Crippen LogP contribution in [0.15, 0.2) is 41.8 Å². The first-order valence-electron chi connectivity index (χ1n) is 6.60. The minimum atomic E-state index is -0.305. The van der Waals surface area contributed by atoms with Crippen LogP contribution < -0.4 is 5.32 Å². The van der Waals surface area contributed by atoms with E-state index in [9.17, 15) is 9.18 Å². The second kappa shape index (κ2) is 5.63. The van der Waals surface area contributed by atoms with E-state index < -0.39 is 0 Å². The molecule has 0 bridgehead atoms. The highest BCUT2D eigenvalue weighted by atomic mass is 32.1. The molecule has 20 heavy (non-hydrogen) atoms. The van der Waals surface area contributed by atoms with Gasteiger partial charge in [-0.1, -0.05) is 6.07 Å². The molecule has 104 valence electrons. The van der Waals surface area contributed by atoms with Crippen molar-refractivity contribution in [3.8, 4) is 0 Å². The third-order valence-electron chi connectivity index (χ3n) is 3.48. The van der Waals surface area contributed by atoms with Gasteiger partial charge in [0.15, 0.2) is 0 Å². The van der Waals surface area contributed by atoms with Crippen molar-refractivity contribution in [2.24, 2.45) is 0 Å². The first-order valence-corrected chi connectivity index (χ1v) is 7.48. The predicted molar refractivity (Wildman–Crippen MR) is 78.4 cm³/mol. The summed E-state index contributed by atoms with van der Waals surface area (Å²) in [6.07, 6.45) is 2.01. The molecule has 1 atom stereocenters. The van der Waals surface area contributed by atoms with E-state index in [1.54, 1.807) is 23.5 Å². The normalized spacial score (nSPS) is 18.2. The Morgan fingerprint density at radius 1 is 1.30 bits per heavy atom. The molecule has 1 saturated heterocycles. The molecule has 2 amide bonds. The summed E-state index contributed by atoms with van der Waals surface area (Å²) in [7, 11) is 0. The third-order valence-corrected chi connectivity index (χ3v) is 4.45. The summed E-state index contributed by atoms with van der Waals surface area (Å²) in [6.45, 7) is 0.760. The lowest BCUT2D eigenvalue weighted by Gasteiger charge is -2.24. The molecule has 3 nitrogen and oxygen atoms in total. The molecule has 3 rings (SSSR count). The number of anilines is 1. The van der Waals surface area contributed by atoms with E-state index in [-0.39, 0.29) is 17.9 Å². The molecule has 2 aromatic rings. The molecule has 0 spiro atoms. The molecular formula is C15H15FN2OS. The minimum absolute atomic E-state index is 0.118. The van der Waals surface area contributed by atoms with Crippen LogP contribution in [-0.4, -0.2) is 17.5 Å². The Hall–Kier alpha value is -1.88. The average molecular weight is 290 g/mol. The lowest BCUT2D eigenvalue weighted by Crippen LogP contribution is -2.34. The number of halogens is 1. The SMILES string of the molecule is O=C(Nc1ccc(F)cc1)N1CCC[C@@H]1c1cccs1. The standard InChI is InChI=1S/C15H15FN2OS/c16-11-5-7-12(8-6-11)17-15(19)18-9-1-3-13(18)14-4-2-10-20-14/h2,4-8,10,13H,1,3,9H2,(H,17,19)/t13-/m1/s1. The average Bonchev–Trinajstić information content (AvgIpc) is 3.11. The quantitative estimate of drug-likeness (QED) is 0.880. The van der Waals surface area contributed by atoms with Gasteiger partial charge in [-0.2, -0.15) is 0 Å². The molecule has 1 aromatic heterocycles. The first kappa shape index (κ1) is 13.1. The summed E-state index contributed by atoms with van der Waals surface area (Å²) in [4.78, 5) is 15.4. The van der Waals surface area contributed by atoms with Gasteiger partial charge in [0, 0.05) is 17.1 Å². The maximum Gasteiger partial charge on any atom is 0.322 e. The van der Waals surface area contributed by atoms with Gasteiger partial charge < -0.3 is 10.2 Å². The zero-order chi connectivity index (χ0) is 13.9. The number of likely N-dealkylation sites (tertiary alicyclic amines) is 1. The fourth-order valence-corrected chi connectivity index (χ4v) is 3.39. The van der Waals surface area contributed by atoms with Crippen LogP contribution in [0.3, 0.4) is 0 Å². The summed E-state index contributed by atoms with van der Waals surface area (Å²) >= 11 is 1.68. The Kier molecular flexibility index (Phi) is 3.69. The molecule has 0 radical (unpaired) electrons. The highest BCUT2D eigenvalue weighted by Crippen LogP contribution is 2.34. The van der Waals surface area contributed by atoms with Gasteiger partial charge in [0.1, 0.15) is 5.82 Å². The topological polar surface area (TPSA) is 32.3 Å². The van der Waals surface area contributed by atoms with Gasteiger partial charge in [-0.15, -0.1) is 11.3 Å². The fraction of sp³-hybridized carbons (Fsp3) is 0.267. The predicted octanol–water partition coefficient (Wildman–Crippen LogP) is 4.26. The van der Waals surface area contributed by atoms with Crippen molar-refractivity contribution in [3.63, 3.8) is 0 Å². The number of urea groups is 1. The molecule has 0 unspecified atom stereocenters. The van der Waals surface area contributed by atoms with E-state index in [1.807, 2.05) is 16.3 Å². The number of carbonyl (C=O) groups is 1. The molecule has 1 aliphatic heterocycles. The van der Waals surface area contributed by atoms with E-state index in [2.05, 4.69) is 11.4 Å². The number of nitrogens with one attached hydrogen (secondary N) is 1. The Morgan fingerprint density at radius 2 is 2.10 bits per heavy atom. The maximum atomic E-state index is 12.9. The second-order valence-electron chi connectivity index (χ2n) is 4.80. The number of nitrogens with zero attached hydrogens (tertiary/aromatic N) is 1. The van der Waals surface area contributed by atoms with Gasteiger partial charge in [-0.25, -0.2) is 9.18 Å². The van der Waals surface area contributed by atoms with E-state index in [4.69, 9.17) is 0 Å². The molecule has 1 N–H and O–H groups in total. The van der Waals surface area contributed by atoms with Gasteiger partial charge >= 0.3 is 6.03 Å². The molecule has 5 heteroatoms. The molecule has 2 heterocycles. The summed E-state index contributed by atoms with van der Waals surface area (Å²) < 4.78 is 12.9. The smallest absolute Gasteiger partial charge is 0.317 e. The number of carbonyl (C=O) groups excluding carboxylic acids is 1. The fourth-order valence-electron chi connectivity index (χ4n) is 2.51. The first-order chi connectivity index (χ1) is 9.74. The van der Waals surface area contributed by atoms with E-state index >= 15 is 0 Å². The number of thiophene rings is 1. The Bertz CT molecular complexity index is 582. The van der Waals surface area contributed by atoms with Crippen molar-refractivity contribution in [2.45, 2.75) is 18.9 Å². The minimum Gasteiger partial charge on any atom is -0.317 e. The van der Waals surface area contributed by atoms with Crippen LogP contribution in [0.5, 0.6) is 0 Å². The number of benzene rings is 1. The van der Waals surface area contributed by atoms with E-state index in [0.717, 1.165) is 19.4 Å². The van der Waals surface area contributed by atoms with Crippen LogP contribution in [0.2, 0.25) is 0 Å². The van der Waals surface area contributed by atoms with Gasteiger partial charge in [0.25, 0.3) is 0 Å². The Labute approximate surface area is 121 Å². The molecule has 1 aliphatic rings. The molecule has 1 fully saturated rings. The Balaban J connectivity index is 1.71. The van der Waals surface area contributed by atoms with Crippen LogP contribution in [0.25, 0.3) is 0 Å². The van der Waals surface area contributed by atoms with Crippen molar-refractivity contribution < 1.29 is 9.18 Å². The summed E-state index contributed by atoms with van der Waals surface area (Å²) in [5.41, 5.74) is 0.619. The summed E-state index contributed by atoms with van der Waals surface area (Å²) in [5, 5.41) is 4.86. The van der Waals surface area contributed by atoms with Crippen LogP contribution >= 0.6 is 11.3 Å². The molecular weight excluding hydrogens is 275 g/mol. The van der Waals surface area contributed by atoms with Crippen LogP contribution in [-0.2, 0) is 0 Å². The lowest BCUT2D eigenvalue weighted by molar-refractivity contribution is 0.208. The van der Waals surface area contributed by atoms with Gasteiger partial charge in [-0.3, -0.25) is 0 Å². The third kappa shape index (κ3) is 2.67. The number of rotatable bonds is 2. The van der Waals surface area contributed by atoms with E-state index in [0.29, 0.717) is 5.69 Å². The molecule has 0 aliphatic carbocycles. The van der Waals surface area contributed by atoms with Crippen molar-refractivity contribution in [3.05, 3.63) is 52.5 Å². The lowest BCUT2D eigenvalue weighted by atomic mass is 10.2. The zero-order valence-electron chi connectivity index (χ0n) is 10.9. The van der Waals surface area contributed by atoms with Gasteiger partial charge in [0.2, 0.25) is 0 Å². The largest absolute Gasteiger partial charge is 0.322 e. The van der Waals surface area contributed by atoms with Crippen LogP contribution in [0.4, 0.5) is 14.9 Å². The maximum absolute atomic E-state index is 12.9. The van der Waals surface area contributed by atoms with Gasteiger partial charge in [-0.05, 0) is 48.6 Å². The van der Waals surface area contributed by atoms with Crippen LogP contribution in [0, 0.1) is 5.82 Å². The number of amides is 2.